The third kappa shape index (κ3) is 5.11. The van der Waals surface area contributed by atoms with Crippen LogP contribution in [0.2, 0.25) is 10.0 Å². The van der Waals surface area contributed by atoms with E-state index in [1.54, 1.807) is 31.2 Å². The Labute approximate surface area is 246 Å². The summed E-state index contributed by atoms with van der Waals surface area (Å²) in [5.74, 6) is 0.608. The van der Waals surface area contributed by atoms with Crippen LogP contribution in [0, 0.1) is 6.92 Å². The molecule has 1 N–H and O–H groups in total. The highest BCUT2D eigenvalue weighted by Crippen LogP contribution is 2.57. The van der Waals surface area contributed by atoms with Crippen LogP contribution >= 0.6 is 23.2 Å². The van der Waals surface area contributed by atoms with Crippen LogP contribution in [-0.4, -0.2) is 40.0 Å². The summed E-state index contributed by atoms with van der Waals surface area (Å²) < 4.78 is 31.5. The molecule has 9 nitrogen and oxygen atoms in total. The van der Waals surface area contributed by atoms with E-state index in [1.165, 1.54) is 16.9 Å². The molecule has 5 aromatic rings. The number of aryl methyl sites for hydroxylation is 1. The maximum Gasteiger partial charge on any atom is 0.257 e. The molecule has 2 aromatic heterocycles. The molecule has 0 atom stereocenters. The van der Waals surface area contributed by atoms with Crippen molar-refractivity contribution in [3.8, 4) is 11.5 Å². The molecular formula is C29H25Cl2N5O4S. The van der Waals surface area contributed by atoms with Gasteiger partial charge in [-0.2, -0.15) is 10.1 Å². The smallest absolute Gasteiger partial charge is 0.257 e. The number of amides is 1. The lowest BCUT2D eigenvalue weighted by atomic mass is 9.94. The first-order chi connectivity index (χ1) is 19.6. The van der Waals surface area contributed by atoms with Gasteiger partial charge in [0.05, 0.1) is 27.8 Å². The number of carbonyl (C=O) groups is 1. The Bertz CT molecular complexity index is 1890. The fourth-order valence-electron chi connectivity index (χ4n) is 4.93. The summed E-state index contributed by atoms with van der Waals surface area (Å²) in [7, 11) is -3.35. The monoisotopic (exact) mass is 609 g/mol. The lowest BCUT2D eigenvalue weighted by Gasteiger charge is -2.17. The number of hydrogen-bond donors (Lipinski definition) is 1. The van der Waals surface area contributed by atoms with E-state index in [9.17, 15) is 13.2 Å². The van der Waals surface area contributed by atoms with Gasteiger partial charge < -0.3 is 9.84 Å². The van der Waals surface area contributed by atoms with Gasteiger partial charge in [0.25, 0.3) is 5.89 Å². The number of aromatic nitrogens is 4. The topological polar surface area (TPSA) is 120 Å². The third-order valence-electron chi connectivity index (χ3n) is 7.35. The van der Waals surface area contributed by atoms with Gasteiger partial charge in [-0.05, 0) is 62.2 Å². The van der Waals surface area contributed by atoms with Crippen LogP contribution in [0.25, 0.3) is 22.4 Å². The van der Waals surface area contributed by atoms with Crippen LogP contribution in [0.1, 0.15) is 36.7 Å². The maximum absolute atomic E-state index is 12.9. The minimum Gasteiger partial charge on any atom is -0.334 e. The van der Waals surface area contributed by atoms with Crippen LogP contribution in [0.5, 0.6) is 0 Å². The number of sulfone groups is 1. The second kappa shape index (κ2) is 10.3. The van der Waals surface area contributed by atoms with E-state index in [2.05, 4.69) is 20.6 Å². The zero-order valence-corrected chi connectivity index (χ0v) is 24.5. The minimum absolute atomic E-state index is 0.00362. The molecule has 1 saturated carbocycles. The molecule has 3 aromatic carbocycles. The summed E-state index contributed by atoms with van der Waals surface area (Å²) in [6.07, 6.45) is 3.06. The van der Waals surface area contributed by atoms with E-state index >= 15 is 0 Å². The number of nitrogens with one attached hydrogen (secondary N) is 1. The first-order valence-corrected chi connectivity index (χ1v) is 15.4. The van der Waals surface area contributed by atoms with Crippen LogP contribution < -0.4 is 5.32 Å². The van der Waals surface area contributed by atoms with Gasteiger partial charge in [-0.1, -0.05) is 53.0 Å². The molecule has 1 aliphatic carbocycles. The summed E-state index contributed by atoms with van der Waals surface area (Å²) in [5, 5.41) is 12.8. The molecule has 1 amide bonds. The Morgan fingerprint density at radius 3 is 2.44 bits per heavy atom. The molecular weight excluding hydrogens is 585 g/mol. The number of benzene rings is 3. The van der Waals surface area contributed by atoms with E-state index in [4.69, 9.17) is 27.7 Å². The predicted molar refractivity (Wildman–Crippen MR) is 157 cm³/mol. The van der Waals surface area contributed by atoms with Crippen molar-refractivity contribution in [2.75, 3.05) is 11.1 Å². The second-order valence-corrected chi connectivity index (χ2v) is 13.3. The standard InChI is InChI=1S/C29H25Cl2N5O4S/c1-3-41(38,39)21-8-9-24-19(12-21)15-32-36(24)16-25(37)33-20-13-22(30)26(23(31)14-20)29(10-11-29)28-34-27(40-35-28)18-6-4-17(2)5-7-18/h4-9,12-15H,3,10-11,16H2,1-2H3,(H,33,37). The number of carbonyl (C=O) groups excluding carboxylic acids is 1. The summed E-state index contributed by atoms with van der Waals surface area (Å²) in [4.78, 5) is 17.8. The van der Waals surface area contributed by atoms with E-state index in [0.29, 0.717) is 43.9 Å². The van der Waals surface area contributed by atoms with Crippen LogP contribution in [0.4, 0.5) is 5.69 Å². The van der Waals surface area contributed by atoms with Crippen molar-refractivity contribution in [2.24, 2.45) is 0 Å². The average Bonchev–Trinajstić information content (AvgIpc) is 3.38. The number of rotatable bonds is 8. The van der Waals surface area contributed by atoms with Crippen molar-refractivity contribution in [3.05, 3.63) is 87.8 Å². The Kier molecular flexibility index (Phi) is 6.88. The van der Waals surface area contributed by atoms with Gasteiger partial charge in [0.1, 0.15) is 6.54 Å². The number of halogens is 2. The third-order valence-corrected chi connectivity index (χ3v) is 9.68. The molecule has 0 aliphatic heterocycles. The molecule has 12 heteroatoms. The molecule has 0 unspecified atom stereocenters. The highest BCUT2D eigenvalue weighted by atomic mass is 35.5. The number of fused-ring (bicyclic) bond motifs is 1. The molecule has 1 fully saturated rings. The predicted octanol–water partition coefficient (Wildman–Crippen LogP) is 6.21. The Morgan fingerprint density at radius 1 is 1.07 bits per heavy atom. The SMILES string of the molecule is CCS(=O)(=O)c1ccc2c(cnn2CC(=O)Nc2cc(Cl)c(C3(c4noc(-c5ccc(C)cc5)n4)CC3)c(Cl)c2)c1. The van der Waals surface area contributed by atoms with Crippen molar-refractivity contribution < 1.29 is 17.7 Å². The van der Waals surface area contributed by atoms with Crippen molar-refractivity contribution >= 4 is 55.5 Å². The van der Waals surface area contributed by atoms with E-state index in [0.717, 1.165) is 24.0 Å². The Balaban J connectivity index is 1.20. The summed E-state index contributed by atoms with van der Waals surface area (Å²) in [6, 6.07) is 15.9. The lowest BCUT2D eigenvalue weighted by molar-refractivity contribution is -0.116. The molecule has 41 heavy (non-hydrogen) atoms. The maximum atomic E-state index is 12.9. The molecule has 0 radical (unpaired) electrons. The van der Waals surface area contributed by atoms with E-state index in [-0.39, 0.29) is 23.1 Å². The zero-order chi connectivity index (χ0) is 28.9. The lowest BCUT2D eigenvalue weighted by Crippen LogP contribution is -2.20. The summed E-state index contributed by atoms with van der Waals surface area (Å²) in [6.45, 7) is 3.52. The van der Waals surface area contributed by atoms with Gasteiger partial charge in [0, 0.05) is 32.2 Å². The first-order valence-electron chi connectivity index (χ1n) is 13.0. The van der Waals surface area contributed by atoms with Crippen LogP contribution in [-0.2, 0) is 26.6 Å². The number of nitrogens with zero attached hydrogens (tertiary/aromatic N) is 4. The largest absolute Gasteiger partial charge is 0.334 e. The van der Waals surface area contributed by atoms with Gasteiger partial charge in [-0.3, -0.25) is 9.48 Å². The average molecular weight is 611 g/mol. The molecule has 1 aliphatic rings. The van der Waals surface area contributed by atoms with Crippen molar-refractivity contribution in [2.45, 2.75) is 43.5 Å². The highest BCUT2D eigenvalue weighted by molar-refractivity contribution is 7.91. The van der Waals surface area contributed by atoms with Gasteiger partial charge in [0.2, 0.25) is 5.91 Å². The Hall–Kier alpha value is -3.73. The molecule has 0 bridgehead atoms. The summed E-state index contributed by atoms with van der Waals surface area (Å²) in [5.41, 5.74) is 3.19. The molecule has 0 saturated heterocycles. The van der Waals surface area contributed by atoms with E-state index in [1.807, 2.05) is 31.2 Å². The highest BCUT2D eigenvalue weighted by Gasteiger charge is 2.52. The zero-order valence-electron chi connectivity index (χ0n) is 22.2. The first kappa shape index (κ1) is 27.4. The van der Waals surface area contributed by atoms with Gasteiger partial charge in [0.15, 0.2) is 15.7 Å². The Morgan fingerprint density at radius 2 is 1.78 bits per heavy atom. The second-order valence-electron chi connectivity index (χ2n) is 10.2. The van der Waals surface area contributed by atoms with Crippen LogP contribution in [0.3, 0.4) is 0 Å². The minimum atomic E-state index is -3.35. The molecule has 2 heterocycles. The van der Waals surface area contributed by atoms with Crippen molar-refractivity contribution in [1.82, 2.24) is 19.9 Å². The van der Waals surface area contributed by atoms with Crippen molar-refractivity contribution in [1.29, 1.82) is 0 Å². The quantitative estimate of drug-likeness (QED) is 0.222. The molecule has 210 valence electrons. The van der Waals surface area contributed by atoms with E-state index < -0.39 is 15.3 Å². The number of hydrogen-bond acceptors (Lipinski definition) is 7. The fraction of sp³-hybridized carbons (Fsp3) is 0.241. The fourth-order valence-corrected chi connectivity index (χ4v) is 6.70. The van der Waals surface area contributed by atoms with Crippen molar-refractivity contribution in [3.63, 3.8) is 0 Å². The van der Waals surface area contributed by atoms with Gasteiger partial charge in [-0.25, -0.2) is 8.42 Å². The normalized spacial score (nSPS) is 14.3. The van der Waals surface area contributed by atoms with Gasteiger partial charge >= 0.3 is 0 Å². The summed E-state index contributed by atoms with van der Waals surface area (Å²) >= 11 is 13.5. The van der Waals surface area contributed by atoms with Crippen LogP contribution in [0.15, 0.2) is 70.2 Å². The number of anilines is 1. The molecule has 6 rings (SSSR count). The molecule has 0 spiro atoms. The van der Waals surface area contributed by atoms with Gasteiger partial charge in [-0.15, -0.1) is 0 Å².